The topological polar surface area (TPSA) is 69.4 Å². The molecule has 0 N–H and O–H groups in total. The van der Waals surface area contributed by atoms with Crippen molar-refractivity contribution in [2.75, 3.05) is 7.11 Å². The van der Waals surface area contributed by atoms with Crippen LogP contribution in [0.4, 0.5) is 4.39 Å². The number of ether oxygens (including phenoxy) is 1. The quantitative estimate of drug-likeness (QED) is 0.368. The molecule has 0 spiro atoms. The molecular formula is C14H12FNO4. The molecular weight excluding hydrogens is 265 g/mol. The van der Waals surface area contributed by atoms with Gasteiger partial charge in [-0.1, -0.05) is 36.4 Å². The summed E-state index contributed by atoms with van der Waals surface area (Å²) in [5.74, 6) is -5.57. The maximum absolute atomic E-state index is 14.4. The maximum atomic E-state index is 14.4. The predicted octanol–water partition coefficient (Wildman–Crippen LogP) is 2.37. The van der Waals surface area contributed by atoms with Crippen molar-refractivity contribution in [2.24, 2.45) is 5.92 Å². The number of benzene rings is 1. The van der Waals surface area contributed by atoms with Crippen LogP contribution in [0.25, 0.3) is 5.57 Å². The highest BCUT2D eigenvalue weighted by Gasteiger charge is 2.54. The Bertz CT molecular complexity index is 596. The molecule has 6 heteroatoms. The number of alkyl halides is 1. The normalized spacial score (nSPS) is 24.9. The van der Waals surface area contributed by atoms with E-state index in [4.69, 9.17) is 0 Å². The van der Waals surface area contributed by atoms with E-state index >= 15 is 0 Å². The van der Waals surface area contributed by atoms with Crippen LogP contribution in [-0.2, 0) is 9.53 Å². The molecule has 1 aliphatic carbocycles. The third kappa shape index (κ3) is 2.32. The second-order valence-electron chi connectivity index (χ2n) is 4.31. The first kappa shape index (κ1) is 13.9. The largest absolute Gasteiger partial charge is 0.468 e. The van der Waals surface area contributed by atoms with Crippen molar-refractivity contribution in [3.8, 4) is 0 Å². The van der Waals surface area contributed by atoms with Gasteiger partial charge in [-0.3, -0.25) is 14.9 Å². The highest BCUT2D eigenvalue weighted by molar-refractivity contribution is 5.84. The van der Waals surface area contributed by atoms with Crippen molar-refractivity contribution in [1.82, 2.24) is 0 Å². The lowest BCUT2D eigenvalue weighted by molar-refractivity contribution is -0.595. The highest BCUT2D eigenvalue weighted by atomic mass is 19.1. The van der Waals surface area contributed by atoms with E-state index in [0.29, 0.717) is 5.57 Å². The fourth-order valence-corrected chi connectivity index (χ4v) is 2.02. The minimum Gasteiger partial charge on any atom is -0.468 e. The van der Waals surface area contributed by atoms with Crippen LogP contribution in [0.5, 0.6) is 0 Å². The molecule has 1 aliphatic rings. The lowest BCUT2D eigenvalue weighted by Gasteiger charge is -2.23. The van der Waals surface area contributed by atoms with Gasteiger partial charge in [-0.25, -0.2) is 0 Å². The van der Waals surface area contributed by atoms with Crippen molar-refractivity contribution in [3.63, 3.8) is 0 Å². The number of rotatable bonds is 3. The summed E-state index contributed by atoms with van der Waals surface area (Å²) in [6.07, 6.45) is 3.32. The monoisotopic (exact) mass is 277 g/mol. The number of esters is 1. The van der Waals surface area contributed by atoms with E-state index in [-0.39, 0.29) is 0 Å². The molecule has 0 saturated heterocycles. The van der Waals surface area contributed by atoms with Crippen LogP contribution in [0.2, 0.25) is 0 Å². The van der Waals surface area contributed by atoms with Crippen molar-refractivity contribution in [3.05, 3.63) is 64.2 Å². The van der Waals surface area contributed by atoms with Gasteiger partial charge in [0.25, 0.3) is 0 Å². The fourth-order valence-electron chi connectivity index (χ4n) is 2.02. The maximum Gasteiger partial charge on any atom is 0.394 e. The number of methoxy groups -OCH3 is 1. The molecule has 0 amide bonds. The van der Waals surface area contributed by atoms with Gasteiger partial charge < -0.3 is 4.74 Å². The van der Waals surface area contributed by atoms with E-state index < -0.39 is 22.6 Å². The summed E-state index contributed by atoms with van der Waals surface area (Å²) in [5.41, 5.74) is 1.28. The smallest absolute Gasteiger partial charge is 0.394 e. The van der Waals surface area contributed by atoms with Gasteiger partial charge in [-0.2, -0.15) is 4.39 Å². The molecule has 2 unspecified atom stereocenters. The Hall–Kier alpha value is -2.50. The number of nitro groups is 1. The van der Waals surface area contributed by atoms with Crippen molar-refractivity contribution in [1.29, 1.82) is 0 Å². The van der Waals surface area contributed by atoms with Crippen LogP contribution in [-0.4, -0.2) is 23.8 Å². The first-order valence-electron chi connectivity index (χ1n) is 5.86. The number of halogens is 1. The molecule has 20 heavy (non-hydrogen) atoms. The van der Waals surface area contributed by atoms with Crippen LogP contribution >= 0.6 is 0 Å². The summed E-state index contributed by atoms with van der Waals surface area (Å²) in [4.78, 5) is 21.4. The fraction of sp³-hybridized carbons (Fsp3) is 0.214. The first-order chi connectivity index (χ1) is 9.49. The lowest BCUT2D eigenvalue weighted by atomic mass is 9.87. The first-order valence-corrected chi connectivity index (χ1v) is 5.86. The molecule has 1 aromatic carbocycles. The molecule has 2 rings (SSSR count). The number of hydrogen-bond acceptors (Lipinski definition) is 4. The number of nitrogens with zero attached hydrogens (tertiary/aromatic N) is 1. The molecule has 2 atom stereocenters. The van der Waals surface area contributed by atoms with E-state index in [1.165, 1.54) is 12.2 Å². The zero-order valence-corrected chi connectivity index (χ0v) is 10.7. The number of hydrogen-bond donors (Lipinski definition) is 0. The molecule has 1 aromatic rings. The number of allylic oxidation sites excluding steroid dienone is 2. The van der Waals surface area contributed by atoms with Gasteiger partial charge in [0.05, 0.1) is 12.0 Å². The van der Waals surface area contributed by atoms with E-state index in [2.05, 4.69) is 4.74 Å². The molecule has 0 radical (unpaired) electrons. The van der Waals surface area contributed by atoms with Gasteiger partial charge in [-0.15, -0.1) is 0 Å². The molecule has 0 fully saturated rings. The van der Waals surface area contributed by atoms with Crippen LogP contribution in [0.3, 0.4) is 0 Å². The van der Waals surface area contributed by atoms with Gasteiger partial charge >= 0.3 is 11.8 Å². The second-order valence-corrected chi connectivity index (χ2v) is 4.31. The van der Waals surface area contributed by atoms with Crippen molar-refractivity contribution in [2.45, 2.75) is 5.79 Å². The Morgan fingerprint density at radius 3 is 2.60 bits per heavy atom. The summed E-state index contributed by atoms with van der Waals surface area (Å²) in [6.45, 7) is 0. The molecule has 0 bridgehead atoms. The van der Waals surface area contributed by atoms with E-state index in [1.807, 2.05) is 6.07 Å². The van der Waals surface area contributed by atoms with E-state index in [0.717, 1.165) is 18.7 Å². The standard InChI is InChI=1S/C14H12FNO4/c1-20-13(17)12-9-11(10-5-3-2-4-6-10)7-8-14(12,15)16(18)19/h2-9,12H,1H3. The molecule has 0 heterocycles. The summed E-state index contributed by atoms with van der Waals surface area (Å²) < 4.78 is 18.8. The Balaban J connectivity index is 2.45. The van der Waals surface area contributed by atoms with Crippen LogP contribution in [0, 0.1) is 16.0 Å². The third-order valence-electron chi connectivity index (χ3n) is 3.12. The van der Waals surface area contributed by atoms with Gasteiger partial charge in [0, 0.05) is 6.08 Å². The average molecular weight is 277 g/mol. The average Bonchev–Trinajstić information content (AvgIpc) is 2.47. The molecule has 104 valence electrons. The zero-order valence-electron chi connectivity index (χ0n) is 10.7. The molecule has 0 saturated carbocycles. The van der Waals surface area contributed by atoms with E-state index in [9.17, 15) is 19.3 Å². The van der Waals surface area contributed by atoms with Crippen molar-refractivity contribution >= 4 is 11.5 Å². The minimum absolute atomic E-state index is 0.538. The SMILES string of the molecule is COC(=O)C1C=C(c2ccccc2)C=CC1(F)[N+](=O)[O-]. The lowest BCUT2D eigenvalue weighted by Crippen LogP contribution is -2.44. The van der Waals surface area contributed by atoms with Gasteiger partial charge in [0.15, 0.2) is 5.92 Å². The molecule has 0 aromatic heterocycles. The van der Waals surface area contributed by atoms with Crippen LogP contribution in [0.15, 0.2) is 48.6 Å². The zero-order chi connectivity index (χ0) is 14.8. The Morgan fingerprint density at radius 1 is 1.40 bits per heavy atom. The molecule has 0 aliphatic heterocycles. The van der Waals surface area contributed by atoms with Crippen LogP contribution in [0.1, 0.15) is 5.56 Å². The summed E-state index contributed by atoms with van der Waals surface area (Å²) in [7, 11) is 1.07. The Kier molecular flexibility index (Phi) is 3.65. The predicted molar refractivity (Wildman–Crippen MR) is 69.9 cm³/mol. The van der Waals surface area contributed by atoms with Gasteiger partial charge in [0.1, 0.15) is 0 Å². The number of carbonyl (C=O) groups excluding carboxylic acids is 1. The second kappa shape index (κ2) is 5.24. The molecule has 5 nitrogen and oxygen atoms in total. The summed E-state index contributed by atoms with van der Waals surface area (Å²) >= 11 is 0. The number of carbonyl (C=O) groups is 1. The van der Waals surface area contributed by atoms with Crippen LogP contribution < -0.4 is 0 Å². The Labute approximate surface area is 114 Å². The minimum atomic E-state index is -2.98. The van der Waals surface area contributed by atoms with Gasteiger partial charge in [0.2, 0.25) is 0 Å². The third-order valence-corrected chi connectivity index (χ3v) is 3.12. The van der Waals surface area contributed by atoms with Gasteiger partial charge in [-0.05, 0) is 17.2 Å². The van der Waals surface area contributed by atoms with E-state index in [1.54, 1.807) is 24.3 Å². The van der Waals surface area contributed by atoms with Crippen molar-refractivity contribution < 1.29 is 18.8 Å². The summed E-state index contributed by atoms with van der Waals surface area (Å²) in [6, 6.07) is 8.90. The summed E-state index contributed by atoms with van der Waals surface area (Å²) in [5, 5.41) is 10.9. The Morgan fingerprint density at radius 2 is 2.05 bits per heavy atom. The highest BCUT2D eigenvalue weighted by Crippen LogP contribution is 2.35.